The summed E-state index contributed by atoms with van der Waals surface area (Å²) in [5.41, 5.74) is 0.222. The molecule has 0 spiro atoms. The van der Waals surface area contributed by atoms with Gasteiger partial charge in [0, 0.05) is 26.6 Å². The second-order valence-corrected chi connectivity index (χ2v) is 6.66. The molecule has 0 radical (unpaired) electrons. The number of aromatic nitrogens is 1. The van der Waals surface area contributed by atoms with Crippen molar-refractivity contribution in [1.82, 2.24) is 4.98 Å². The minimum absolute atomic E-state index is 0.295. The fourth-order valence-electron chi connectivity index (χ4n) is 2.14. The summed E-state index contributed by atoms with van der Waals surface area (Å²) in [5.74, 6) is -2.22. The number of carboxylic acids is 2. The van der Waals surface area contributed by atoms with Crippen LogP contribution in [0.3, 0.4) is 0 Å². The molecule has 0 aliphatic rings. The molecule has 1 aromatic heterocycles. The number of aromatic amines is 1. The third-order valence-electron chi connectivity index (χ3n) is 3.29. The number of carbonyl (C=O) groups is 2. The maximum atomic E-state index is 10.8. The van der Waals surface area contributed by atoms with Crippen molar-refractivity contribution in [1.29, 1.82) is 0 Å². The molecular weight excluding hydrogens is 476 g/mol. The minimum atomic E-state index is -1.31. The monoisotopic (exact) mass is 484 g/mol. The second kappa shape index (κ2) is 8.11. The number of hydrogen-bond acceptors (Lipinski definition) is 4. The molecule has 2 aromatic carbocycles. The highest BCUT2D eigenvalue weighted by Gasteiger charge is 2.19. The lowest BCUT2D eigenvalue weighted by molar-refractivity contribution is -0.385. The van der Waals surface area contributed by atoms with E-state index >= 15 is 0 Å². The summed E-state index contributed by atoms with van der Waals surface area (Å²) in [5, 5.41) is 28.7. The largest absolute Gasteiger partial charge is 0.478 e. The molecule has 0 saturated heterocycles. The van der Waals surface area contributed by atoms with Gasteiger partial charge in [-0.2, -0.15) is 0 Å². The first kappa shape index (κ1) is 19.6. The van der Waals surface area contributed by atoms with Gasteiger partial charge in [0.25, 0.3) is 5.69 Å². The average Bonchev–Trinajstić information content (AvgIpc) is 3.05. The quantitative estimate of drug-likeness (QED) is 0.364. The van der Waals surface area contributed by atoms with Gasteiger partial charge in [-0.1, -0.05) is 31.9 Å². The highest BCUT2D eigenvalue weighted by Crippen LogP contribution is 2.26. The molecule has 0 atom stereocenters. The van der Waals surface area contributed by atoms with Crippen LogP contribution in [-0.2, 0) is 0 Å². The number of nitro benzene ring substituents is 1. The Labute approximate surface area is 162 Å². The standard InChI is InChI=1S/C9H6BrNO2.C7H4BrNO4/c10-7-2-1-6(9(12)13)8-5(7)3-4-11-8;8-4-1-2-5(7(10)11)6(3-4)9(12)13/h1-4,11H,(H,12,13);1-3H,(H,10,11). The number of nitrogens with one attached hydrogen (secondary N) is 1. The van der Waals surface area contributed by atoms with Crippen LogP contribution in [0.5, 0.6) is 0 Å². The fourth-order valence-corrected chi connectivity index (χ4v) is 2.95. The Balaban J connectivity index is 0.000000187. The van der Waals surface area contributed by atoms with Crippen LogP contribution in [-0.4, -0.2) is 32.1 Å². The third kappa shape index (κ3) is 4.27. The van der Waals surface area contributed by atoms with E-state index < -0.39 is 22.5 Å². The molecule has 0 aliphatic heterocycles. The van der Waals surface area contributed by atoms with Gasteiger partial charge in [0.2, 0.25) is 0 Å². The zero-order valence-electron chi connectivity index (χ0n) is 12.8. The van der Waals surface area contributed by atoms with Crippen molar-refractivity contribution >= 4 is 60.4 Å². The van der Waals surface area contributed by atoms with Crippen molar-refractivity contribution in [3.8, 4) is 0 Å². The van der Waals surface area contributed by atoms with Crippen LogP contribution >= 0.6 is 31.9 Å². The lowest BCUT2D eigenvalue weighted by atomic mass is 10.1. The van der Waals surface area contributed by atoms with Crippen molar-refractivity contribution in [3.63, 3.8) is 0 Å². The van der Waals surface area contributed by atoms with Crippen molar-refractivity contribution in [2.24, 2.45) is 0 Å². The van der Waals surface area contributed by atoms with E-state index in [-0.39, 0.29) is 5.56 Å². The number of benzene rings is 2. The van der Waals surface area contributed by atoms with E-state index in [0.29, 0.717) is 15.6 Å². The molecule has 0 fully saturated rings. The lowest BCUT2D eigenvalue weighted by Crippen LogP contribution is -2.02. The Morgan fingerprint density at radius 2 is 1.62 bits per heavy atom. The van der Waals surface area contributed by atoms with Gasteiger partial charge in [-0.05, 0) is 30.3 Å². The summed E-state index contributed by atoms with van der Waals surface area (Å²) >= 11 is 6.36. The fraction of sp³-hybridized carbons (Fsp3) is 0. The molecular formula is C16H10Br2N2O6. The van der Waals surface area contributed by atoms with Gasteiger partial charge in [0.15, 0.2) is 0 Å². The third-order valence-corrected chi connectivity index (χ3v) is 4.47. The zero-order chi connectivity index (χ0) is 19.4. The molecule has 0 amide bonds. The van der Waals surface area contributed by atoms with E-state index in [9.17, 15) is 19.7 Å². The summed E-state index contributed by atoms with van der Waals surface area (Å²) in [7, 11) is 0. The molecule has 0 bridgehead atoms. The van der Waals surface area contributed by atoms with Gasteiger partial charge in [0.1, 0.15) is 5.56 Å². The summed E-state index contributed by atoms with van der Waals surface area (Å²) < 4.78 is 1.37. The SMILES string of the molecule is O=C(O)c1ccc(Br)c2cc[nH]c12.O=C(O)c1ccc(Br)cc1[N+](=O)[O-]. The van der Waals surface area contributed by atoms with E-state index in [0.717, 1.165) is 15.9 Å². The Hall–Kier alpha value is -2.72. The van der Waals surface area contributed by atoms with Gasteiger partial charge in [0.05, 0.1) is 16.0 Å². The van der Waals surface area contributed by atoms with Crippen LogP contribution in [0, 0.1) is 10.1 Å². The summed E-state index contributed by atoms with van der Waals surface area (Å²) in [6.07, 6.45) is 1.72. The number of nitro groups is 1. The Kier molecular flexibility index (Phi) is 6.11. The number of halogens is 2. The van der Waals surface area contributed by atoms with Crippen molar-refractivity contribution in [2.45, 2.75) is 0 Å². The van der Waals surface area contributed by atoms with E-state index in [4.69, 9.17) is 10.2 Å². The van der Waals surface area contributed by atoms with Crippen LogP contribution in [0.1, 0.15) is 20.7 Å². The molecule has 0 aliphatic carbocycles. The highest BCUT2D eigenvalue weighted by atomic mass is 79.9. The normalized spacial score (nSPS) is 10.1. The van der Waals surface area contributed by atoms with Gasteiger partial charge >= 0.3 is 11.9 Å². The number of carboxylic acid groups (broad SMARTS) is 2. The minimum Gasteiger partial charge on any atom is -0.478 e. The van der Waals surface area contributed by atoms with E-state index in [1.165, 1.54) is 12.1 Å². The maximum Gasteiger partial charge on any atom is 0.342 e. The van der Waals surface area contributed by atoms with E-state index in [2.05, 4.69) is 36.8 Å². The summed E-state index contributed by atoms with van der Waals surface area (Å²) in [6.45, 7) is 0. The number of fused-ring (bicyclic) bond motifs is 1. The molecule has 0 unspecified atom stereocenters. The van der Waals surface area contributed by atoms with Gasteiger partial charge < -0.3 is 15.2 Å². The lowest BCUT2D eigenvalue weighted by Gasteiger charge is -1.98. The molecule has 8 nitrogen and oxygen atoms in total. The molecule has 3 N–H and O–H groups in total. The number of nitrogens with zero attached hydrogens (tertiary/aromatic N) is 1. The van der Waals surface area contributed by atoms with Crippen LogP contribution in [0.25, 0.3) is 10.9 Å². The Morgan fingerprint density at radius 3 is 2.19 bits per heavy atom. The van der Waals surface area contributed by atoms with Gasteiger partial charge in [-0.15, -0.1) is 0 Å². The number of aromatic carboxylic acids is 2. The highest BCUT2D eigenvalue weighted by molar-refractivity contribution is 9.11. The molecule has 134 valence electrons. The van der Waals surface area contributed by atoms with Crippen LogP contribution in [0.15, 0.2) is 51.5 Å². The molecule has 1 heterocycles. The first-order chi connectivity index (χ1) is 12.2. The summed E-state index contributed by atoms with van der Waals surface area (Å²) in [4.78, 5) is 33.9. The zero-order valence-corrected chi connectivity index (χ0v) is 15.9. The number of hydrogen-bond donors (Lipinski definition) is 3. The van der Waals surface area contributed by atoms with Crippen LogP contribution in [0.4, 0.5) is 5.69 Å². The smallest absolute Gasteiger partial charge is 0.342 e. The van der Waals surface area contributed by atoms with Crippen molar-refractivity contribution < 1.29 is 24.7 Å². The van der Waals surface area contributed by atoms with E-state index in [1.807, 2.05) is 6.07 Å². The van der Waals surface area contributed by atoms with Crippen LogP contribution < -0.4 is 0 Å². The predicted octanol–water partition coefficient (Wildman–Crippen LogP) is 4.68. The van der Waals surface area contributed by atoms with Gasteiger partial charge in [-0.3, -0.25) is 10.1 Å². The molecule has 10 heteroatoms. The van der Waals surface area contributed by atoms with E-state index in [1.54, 1.807) is 18.3 Å². The maximum absolute atomic E-state index is 10.8. The number of H-pyrrole nitrogens is 1. The first-order valence-corrected chi connectivity index (χ1v) is 8.47. The van der Waals surface area contributed by atoms with Crippen molar-refractivity contribution in [3.05, 3.63) is 72.8 Å². The Bertz CT molecular complexity index is 1020. The molecule has 0 saturated carbocycles. The predicted molar refractivity (Wildman–Crippen MR) is 101 cm³/mol. The first-order valence-electron chi connectivity index (χ1n) is 6.88. The Morgan fingerprint density at radius 1 is 1.00 bits per heavy atom. The second-order valence-electron chi connectivity index (χ2n) is 4.89. The molecule has 3 aromatic rings. The van der Waals surface area contributed by atoms with Gasteiger partial charge in [-0.25, -0.2) is 9.59 Å². The molecule has 3 rings (SSSR count). The average molecular weight is 486 g/mol. The topological polar surface area (TPSA) is 134 Å². The summed E-state index contributed by atoms with van der Waals surface area (Å²) in [6, 6.07) is 8.93. The number of rotatable bonds is 3. The molecule has 26 heavy (non-hydrogen) atoms. The van der Waals surface area contributed by atoms with Crippen molar-refractivity contribution in [2.75, 3.05) is 0 Å². The van der Waals surface area contributed by atoms with Crippen LogP contribution in [0.2, 0.25) is 0 Å².